The fourth-order valence-electron chi connectivity index (χ4n) is 0.393. The van der Waals surface area contributed by atoms with Crippen LogP contribution in [0.5, 0.6) is 0 Å². The van der Waals surface area contributed by atoms with Crippen LogP contribution in [0.2, 0.25) is 0 Å². The van der Waals surface area contributed by atoms with Crippen molar-refractivity contribution in [3.05, 3.63) is 31.2 Å². The standard InChI is InChI=1S/C5H6.C4H9.2ClH.Zr/c1-2-4-5-3-1;1-3-4-2;;;/h1-4H,5H2;1,3-4H2,2H3;2*1H;/q;-1;;;+3/p-2. The van der Waals surface area contributed by atoms with Gasteiger partial charge in [-0.3, -0.25) is 0 Å². The van der Waals surface area contributed by atoms with Crippen LogP contribution in [0, 0.1) is 6.92 Å². The van der Waals surface area contributed by atoms with Crippen LogP contribution in [-0.4, -0.2) is 0 Å². The summed E-state index contributed by atoms with van der Waals surface area (Å²) in [7, 11) is 0. The van der Waals surface area contributed by atoms with Crippen molar-refractivity contribution in [2.45, 2.75) is 26.2 Å². The second-order valence-corrected chi connectivity index (χ2v) is 1.95. The van der Waals surface area contributed by atoms with Crippen molar-refractivity contribution >= 4 is 0 Å². The molecule has 12 heavy (non-hydrogen) atoms. The summed E-state index contributed by atoms with van der Waals surface area (Å²) in [5.74, 6) is 0. The first-order valence-corrected chi connectivity index (χ1v) is 3.52. The number of halogens is 2. The van der Waals surface area contributed by atoms with Crippen molar-refractivity contribution in [1.29, 1.82) is 0 Å². The molecule has 0 aromatic carbocycles. The van der Waals surface area contributed by atoms with Crippen molar-refractivity contribution in [1.82, 2.24) is 0 Å². The molecule has 0 bridgehead atoms. The van der Waals surface area contributed by atoms with E-state index in [1.54, 1.807) is 0 Å². The van der Waals surface area contributed by atoms with E-state index in [4.69, 9.17) is 0 Å². The molecule has 3 heteroatoms. The molecular weight excluding hydrogens is 270 g/mol. The van der Waals surface area contributed by atoms with Gasteiger partial charge >= 0.3 is 26.2 Å². The molecule has 0 amide bonds. The van der Waals surface area contributed by atoms with Gasteiger partial charge in [-0.25, -0.2) is 0 Å². The largest absolute Gasteiger partial charge is 3.00 e. The second-order valence-electron chi connectivity index (χ2n) is 1.95. The van der Waals surface area contributed by atoms with E-state index < -0.39 is 0 Å². The Labute approximate surface area is 108 Å². The number of hydrogen-bond acceptors (Lipinski definition) is 0. The van der Waals surface area contributed by atoms with E-state index in [0.717, 1.165) is 12.8 Å². The number of unbranched alkanes of at least 4 members (excludes halogenated alkanes) is 1. The molecule has 0 heterocycles. The fourth-order valence-corrected chi connectivity index (χ4v) is 0.393. The Morgan fingerprint density at radius 3 is 1.58 bits per heavy atom. The third kappa shape index (κ3) is 22.4. The summed E-state index contributed by atoms with van der Waals surface area (Å²) in [4.78, 5) is 0. The molecule has 1 rings (SSSR count). The summed E-state index contributed by atoms with van der Waals surface area (Å²) >= 11 is 0. The van der Waals surface area contributed by atoms with Crippen LogP contribution >= 0.6 is 0 Å². The monoisotopic (exact) mass is 283 g/mol. The van der Waals surface area contributed by atoms with Gasteiger partial charge in [0.25, 0.3) is 0 Å². The Kier molecular flexibility index (Phi) is 43.6. The molecule has 0 aliphatic heterocycles. The molecular formula is C9H15Cl2Zr. The van der Waals surface area contributed by atoms with Gasteiger partial charge in [-0.2, -0.15) is 6.42 Å². The molecule has 69 valence electrons. The Morgan fingerprint density at radius 1 is 1.17 bits per heavy atom. The number of rotatable bonds is 1. The Morgan fingerprint density at radius 2 is 1.50 bits per heavy atom. The zero-order valence-electron chi connectivity index (χ0n) is 7.39. The summed E-state index contributed by atoms with van der Waals surface area (Å²) in [5, 5.41) is 0. The Hall–Kier alpha value is 0.943. The molecule has 0 nitrogen and oxygen atoms in total. The normalized spacial score (nSPS) is 9.83. The SMILES string of the molecule is C1=CCC=C1.[CH2-]CCC.[Cl-].[Cl-].[Zr+3]. The summed E-state index contributed by atoms with van der Waals surface area (Å²) in [6, 6.07) is 0. The topological polar surface area (TPSA) is 0 Å². The molecule has 0 N–H and O–H groups in total. The molecule has 1 aliphatic rings. The van der Waals surface area contributed by atoms with Gasteiger partial charge in [0.2, 0.25) is 0 Å². The average Bonchev–Trinajstić information content (AvgIpc) is 2.43. The minimum Gasteiger partial charge on any atom is -1.00 e. The molecule has 0 atom stereocenters. The van der Waals surface area contributed by atoms with Crippen molar-refractivity contribution in [2.24, 2.45) is 0 Å². The van der Waals surface area contributed by atoms with Gasteiger partial charge in [0.1, 0.15) is 0 Å². The zero-order valence-corrected chi connectivity index (χ0v) is 11.4. The maximum absolute atomic E-state index is 3.60. The van der Waals surface area contributed by atoms with E-state index in [-0.39, 0.29) is 51.0 Å². The van der Waals surface area contributed by atoms with Crippen LogP contribution in [0.15, 0.2) is 24.3 Å². The molecule has 1 radical (unpaired) electrons. The first-order chi connectivity index (χ1) is 4.41. The maximum atomic E-state index is 3.60. The van der Waals surface area contributed by atoms with Crippen molar-refractivity contribution in [3.63, 3.8) is 0 Å². The first kappa shape index (κ1) is 23.1. The Bertz CT molecular complexity index is 88.7. The van der Waals surface area contributed by atoms with Crippen LogP contribution in [0.4, 0.5) is 0 Å². The maximum Gasteiger partial charge on any atom is 3.00 e. The fraction of sp³-hybridized carbons (Fsp3) is 0.444. The van der Waals surface area contributed by atoms with Crippen molar-refractivity contribution in [3.8, 4) is 0 Å². The predicted molar refractivity (Wildman–Crippen MR) is 43.2 cm³/mol. The quantitative estimate of drug-likeness (QED) is 0.454. The molecule has 0 spiro atoms. The van der Waals surface area contributed by atoms with Gasteiger partial charge in [-0.1, -0.05) is 37.6 Å². The molecule has 0 saturated heterocycles. The van der Waals surface area contributed by atoms with E-state index >= 15 is 0 Å². The molecule has 1 aliphatic carbocycles. The van der Waals surface area contributed by atoms with E-state index in [1.807, 2.05) is 0 Å². The van der Waals surface area contributed by atoms with Crippen LogP contribution in [0.25, 0.3) is 0 Å². The zero-order chi connectivity index (χ0) is 6.95. The van der Waals surface area contributed by atoms with Gasteiger partial charge < -0.3 is 31.7 Å². The Balaban J connectivity index is -0.0000000436. The van der Waals surface area contributed by atoms with Crippen LogP contribution in [0.3, 0.4) is 0 Å². The molecule has 0 aromatic heterocycles. The summed E-state index contributed by atoms with van der Waals surface area (Å²) in [6.45, 7) is 5.72. The second kappa shape index (κ2) is 22.7. The van der Waals surface area contributed by atoms with E-state index in [9.17, 15) is 0 Å². The van der Waals surface area contributed by atoms with Crippen LogP contribution in [-0.2, 0) is 26.2 Å². The number of hydrogen-bond donors (Lipinski definition) is 0. The summed E-state index contributed by atoms with van der Waals surface area (Å²) in [5.41, 5.74) is 0. The van der Waals surface area contributed by atoms with Crippen LogP contribution in [0.1, 0.15) is 26.2 Å². The van der Waals surface area contributed by atoms with Crippen molar-refractivity contribution < 1.29 is 51.0 Å². The first-order valence-electron chi connectivity index (χ1n) is 3.52. The van der Waals surface area contributed by atoms with E-state index in [0.29, 0.717) is 0 Å². The molecule has 0 saturated carbocycles. The van der Waals surface area contributed by atoms with Gasteiger partial charge in [0.05, 0.1) is 0 Å². The number of allylic oxidation sites excluding steroid dienone is 4. The third-order valence-corrected chi connectivity index (χ3v) is 1.01. The molecule has 0 fully saturated rings. The van der Waals surface area contributed by atoms with Gasteiger partial charge in [-0.15, -0.1) is 0 Å². The molecule has 0 unspecified atom stereocenters. The van der Waals surface area contributed by atoms with E-state index in [1.165, 1.54) is 6.42 Å². The van der Waals surface area contributed by atoms with Crippen molar-refractivity contribution in [2.75, 3.05) is 0 Å². The van der Waals surface area contributed by atoms with Gasteiger partial charge in [-0.05, 0) is 6.42 Å². The minimum absolute atomic E-state index is 0. The predicted octanol–water partition coefficient (Wildman–Crippen LogP) is -2.87. The smallest absolute Gasteiger partial charge is 1.00 e. The van der Waals surface area contributed by atoms with Gasteiger partial charge in [0, 0.05) is 0 Å². The van der Waals surface area contributed by atoms with Crippen LogP contribution < -0.4 is 24.8 Å². The van der Waals surface area contributed by atoms with Gasteiger partial charge in [0.15, 0.2) is 0 Å². The van der Waals surface area contributed by atoms with E-state index in [2.05, 4.69) is 38.2 Å². The summed E-state index contributed by atoms with van der Waals surface area (Å²) in [6.07, 6.45) is 11.8. The average molecular weight is 285 g/mol. The summed E-state index contributed by atoms with van der Waals surface area (Å²) < 4.78 is 0. The molecule has 0 aromatic rings. The third-order valence-electron chi connectivity index (χ3n) is 1.01. The minimum atomic E-state index is 0.